The van der Waals surface area contributed by atoms with Gasteiger partial charge in [0.2, 0.25) is 5.91 Å². The lowest BCUT2D eigenvalue weighted by Gasteiger charge is -2.10. The first-order chi connectivity index (χ1) is 13.0. The summed E-state index contributed by atoms with van der Waals surface area (Å²) in [6, 6.07) is 14.4. The van der Waals surface area contributed by atoms with Crippen LogP contribution >= 0.6 is 0 Å². The second-order valence-corrected chi connectivity index (χ2v) is 6.63. The van der Waals surface area contributed by atoms with Crippen molar-refractivity contribution in [2.24, 2.45) is 0 Å². The molecular weight excluding hydrogens is 342 g/mol. The molecule has 1 amide bonds. The lowest BCUT2D eigenvalue weighted by molar-refractivity contribution is -0.116. The number of benzene rings is 2. The summed E-state index contributed by atoms with van der Waals surface area (Å²) in [6.45, 7) is 4.65. The molecule has 0 saturated heterocycles. The molecule has 0 aliphatic carbocycles. The molecule has 0 bridgehead atoms. The van der Waals surface area contributed by atoms with Gasteiger partial charge in [-0.25, -0.2) is 4.79 Å². The zero-order valence-electron chi connectivity index (χ0n) is 15.6. The van der Waals surface area contributed by atoms with Crippen LogP contribution in [0.15, 0.2) is 57.7 Å². The van der Waals surface area contributed by atoms with Gasteiger partial charge >= 0.3 is 5.63 Å². The Kier molecular flexibility index (Phi) is 5.91. The number of ether oxygens (including phenoxy) is 1. The SMILES string of the molecule is Cc1ccc(C)c(OCCCCC(=O)Nc2ccc3oc(=O)ccc3c2)c1. The Balaban J connectivity index is 1.44. The molecule has 0 fully saturated rings. The number of hydrogen-bond donors (Lipinski definition) is 1. The van der Waals surface area contributed by atoms with Crippen molar-refractivity contribution in [3.8, 4) is 5.75 Å². The number of hydrogen-bond acceptors (Lipinski definition) is 4. The molecule has 5 nitrogen and oxygen atoms in total. The second kappa shape index (κ2) is 8.54. The fourth-order valence-electron chi connectivity index (χ4n) is 2.81. The zero-order valence-corrected chi connectivity index (χ0v) is 15.6. The van der Waals surface area contributed by atoms with Crippen LogP contribution in [0, 0.1) is 13.8 Å². The maximum Gasteiger partial charge on any atom is 0.336 e. The quantitative estimate of drug-likeness (QED) is 0.491. The summed E-state index contributed by atoms with van der Waals surface area (Å²) in [4.78, 5) is 23.3. The van der Waals surface area contributed by atoms with E-state index in [9.17, 15) is 9.59 Å². The van der Waals surface area contributed by atoms with Crippen molar-refractivity contribution in [1.29, 1.82) is 0 Å². The number of unbranched alkanes of at least 4 members (excludes halogenated alkanes) is 1. The van der Waals surface area contributed by atoms with Crippen LogP contribution < -0.4 is 15.7 Å². The molecule has 0 spiro atoms. The topological polar surface area (TPSA) is 68.5 Å². The normalized spacial score (nSPS) is 10.7. The van der Waals surface area contributed by atoms with Crippen molar-refractivity contribution in [2.75, 3.05) is 11.9 Å². The minimum absolute atomic E-state index is 0.0431. The highest BCUT2D eigenvalue weighted by atomic mass is 16.5. The van der Waals surface area contributed by atoms with E-state index < -0.39 is 0 Å². The molecule has 1 heterocycles. The molecule has 0 radical (unpaired) electrons. The third-order valence-electron chi connectivity index (χ3n) is 4.30. The van der Waals surface area contributed by atoms with Crippen LogP contribution in [0.2, 0.25) is 0 Å². The molecule has 1 N–H and O–H groups in total. The number of carbonyl (C=O) groups excluding carboxylic acids is 1. The minimum atomic E-state index is -0.387. The average molecular weight is 365 g/mol. The van der Waals surface area contributed by atoms with Crippen LogP contribution in [-0.4, -0.2) is 12.5 Å². The van der Waals surface area contributed by atoms with E-state index in [1.165, 1.54) is 11.6 Å². The molecule has 3 aromatic rings. The smallest absolute Gasteiger partial charge is 0.336 e. The molecule has 0 unspecified atom stereocenters. The number of fused-ring (bicyclic) bond motifs is 1. The van der Waals surface area contributed by atoms with Crippen molar-refractivity contribution in [3.63, 3.8) is 0 Å². The highest BCUT2D eigenvalue weighted by Crippen LogP contribution is 2.20. The van der Waals surface area contributed by atoms with Gasteiger partial charge in [0, 0.05) is 23.6 Å². The van der Waals surface area contributed by atoms with Crippen LogP contribution in [0.4, 0.5) is 5.69 Å². The summed E-state index contributed by atoms with van der Waals surface area (Å²) < 4.78 is 10.9. The van der Waals surface area contributed by atoms with Crippen molar-refractivity contribution in [2.45, 2.75) is 33.1 Å². The third-order valence-corrected chi connectivity index (χ3v) is 4.30. The molecule has 0 saturated carbocycles. The first-order valence-corrected chi connectivity index (χ1v) is 9.05. The van der Waals surface area contributed by atoms with Gasteiger partial charge < -0.3 is 14.5 Å². The van der Waals surface area contributed by atoms with Crippen LogP contribution in [-0.2, 0) is 4.79 Å². The maximum absolute atomic E-state index is 12.1. The van der Waals surface area contributed by atoms with Crippen LogP contribution in [0.3, 0.4) is 0 Å². The highest BCUT2D eigenvalue weighted by molar-refractivity contribution is 5.93. The monoisotopic (exact) mass is 365 g/mol. The molecule has 0 aliphatic heterocycles. The number of anilines is 1. The summed E-state index contributed by atoms with van der Waals surface area (Å²) in [5.74, 6) is 0.862. The molecule has 2 aromatic carbocycles. The molecule has 0 aliphatic rings. The number of aryl methyl sites for hydroxylation is 2. The van der Waals surface area contributed by atoms with E-state index in [-0.39, 0.29) is 11.5 Å². The van der Waals surface area contributed by atoms with E-state index in [2.05, 4.69) is 11.4 Å². The number of amides is 1. The van der Waals surface area contributed by atoms with Gasteiger partial charge in [-0.2, -0.15) is 0 Å². The maximum atomic E-state index is 12.1. The Bertz CT molecular complexity index is 1010. The van der Waals surface area contributed by atoms with Crippen molar-refractivity contribution in [1.82, 2.24) is 0 Å². The van der Waals surface area contributed by atoms with Crippen molar-refractivity contribution >= 4 is 22.6 Å². The van der Waals surface area contributed by atoms with Gasteiger partial charge in [0.1, 0.15) is 11.3 Å². The van der Waals surface area contributed by atoms with E-state index in [0.717, 1.165) is 29.5 Å². The van der Waals surface area contributed by atoms with Gasteiger partial charge in [-0.1, -0.05) is 12.1 Å². The second-order valence-electron chi connectivity index (χ2n) is 6.63. The third kappa shape index (κ3) is 5.20. The molecule has 27 heavy (non-hydrogen) atoms. The molecule has 140 valence electrons. The first kappa shape index (κ1) is 18.7. The standard InChI is InChI=1S/C22H23NO4/c1-15-6-7-16(2)20(13-15)26-12-4-3-5-21(24)23-18-9-10-19-17(14-18)8-11-22(25)27-19/h6-11,13-14H,3-5,12H2,1-2H3,(H,23,24). The molecule has 5 heteroatoms. The van der Waals surface area contributed by atoms with Gasteiger partial charge in [0.15, 0.2) is 0 Å². The Morgan fingerprint density at radius 1 is 1.04 bits per heavy atom. The van der Waals surface area contributed by atoms with Gasteiger partial charge in [-0.15, -0.1) is 0 Å². The van der Waals surface area contributed by atoms with E-state index >= 15 is 0 Å². The summed E-state index contributed by atoms with van der Waals surface area (Å²) in [7, 11) is 0. The van der Waals surface area contributed by atoms with E-state index in [0.29, 0.717) is 24.3 Å². The molecular formula is C22H23NO4. The van der Waals surface area contributed by atoms with Crippen LogP contribution in [0.5, 0.6) is 5.75 Å². The zero-order chi connectivity index (χ0) is 19.2. The fourth-order valence-corrected chi connectivity index (χ4v) is 2.81. The van der Waals surface area contributed by atoms with E-state index in [1.807, 2.05) is 26.0 Å². The van der Waals surface area contributed by atoms with Gasteiger partial charge in [0.25, 0.3) is 0 Å². The Morgan fingerprint density at radius 3 is 2.74 bits per heavy atom. The highest BCUT2D eigenvalue weighted by Gasteiger charge is 2.05. The average Bonchev–Trinajstić information content (AvgIpc) is 2.64. The van der Waals surface area contributed by atoms with Crippen LogP contribution in [0.25, 0.3) is 11.0 Å². The number of nitrogens with one attached hydrogen (secondary N) is 1. The van der Waals surface area contributed by atoms with E-state index in [4.69, 9.17) is 9.15 Å². The molecule has 3 rings (SSSR count). The summed E-state index contributed by atoms with van der Waals surface area (Å²) in [6.07, 6.45) is 1.99. The predicted molar refractivity (Wildman–Crippen MR) is 106 cm³/mol. The lowest BCUT2D eigenvalue weighted by atomic mass is 10.1. The van der Waals surface area contributed by atoms with Gasteiger partial charge in [-0.05, 0) is 68.1 Å². The summed E-state index contributed by atoms with van der Waals surface area (Å²) in [5.41, 5.74) is 3.09. The number of carbonyl (C=O) groups is 1. The van der Waals surface area contributed by atoms with Gasteiger partial charge in [0.05, 0.1) is 6.61 Å². The molecule has 1 aromatic heterocycles. The summed E-state index contributed by atoms with van der Waals surface area (Å²) >= 11 is 0. The number of rotatable bonds is 7. The van der Waals surface area contributed by atoms with Crippen molar-refractivity contribution in [3.05, 3.63) is 70.1 Å². The largest absolute Gasteiger partial charge is 0.493 e. The van der Waals surface area contributed by atoms with Crippen molar-refractivity contribution < 1.29 is 13.9 Å². The minimum Gasteiger partial charge on any atom is -0.493 e. The van der Waals surface area contributed by atoms with Gasteiger partial charge in [-0.3, -0.25) is 4.79 Å². The Labute approximate surface area is 158 Å². The molecule has 0 atom stereocenters. The van der Waals surface area contributed by atoms with Crippen LogP contribution in [0.1, 0.15) is 30.4 Å². The predicted octanol–water partition coefficient (Wildman–Crippen LogP) is 4.60. The first-order valence-electron chi connectivity index (χ1n) is 9.05. The lowest BCUT2D eigenvalue weighted by Crippen LogP contribution is -2.11. The fraction of sp³-hybridized carbons (Fsp3) is 0.273. The summed E-state index contributed by atoms with van der Waals surface area (Å²) in [5, 5.41) is 3.65. The Morgan fingerprint density at radius 2 is 1.89 bits per heavy atom. The van der Waals surface area contributed by atoms with E-state index in [1.54, 1.807) is 24.3 Å². The Hall–Kier alpha value is -3.08.